The zero-order chi connectivity index (χ0) is 23.0. The van der Waals surface area contributed by atoms with Gasteiger partial charge in [0.05, 0.1) is 34.8 Å². The Morgan fingerprint density at radius 1 is 0.912 bits per heavy atom. The van der Waals surface area contributed by atoms with Crippen LogP contribution in [0.5, 0.6) is 5.75 Å². The van der Waals surface area contributed by atoms with Gasteiger partial charge in [0, 0.05) is 5.56 Å². The van der Waals surface area contributed by atoms with Gasteiger partial charge >= 0.3 is 5.97 Å². The molecule has 3 fully saturated rings. The zero-order valence-electron chi connectivity index (χ0n) is 18.2. The lowest BCUT2D eigenvalue weighted by Crippen LogP contribution is -2.40. The lowest BCUT2D eigenvalue weighted by molar-refractivity contribution is -0.148. The normalized spacial score (nSPS) is 30.4. The predicted octanol–water partition coefficient (Wildman–Crippen LogP) is 3.26. The van der Waals surface area contributed by atoms with Crippen LogP contribution in [0.25, 0.3) is 22.3 Å². The number of ether oxygens (including phenoxy) is 1. The molecule has 4 aliphatic carbocycles. The highest BCUT2D eigenvalue weighted by molar-refractivity contribution is 6.08. The van der Waals surface area contributed by atoms with Crippen molar-refractivity contribution in [1.82, 2.24) is 14.9 Å². The van der Waals surface area contributed by atoms with Crippen molar-refractivity contribution in [2.45, 2.75) is 6.42 Å². The minimum atomic E-state index is -0.621. The summed E-state index contributed by atoms with van der Waals surface area (Å²) in [7, 11) is 0. The highest BCUT2D eigenvalue weighted by Crippen LogP contribution is 2.65. The Morgan fingerprint density at radius 3 is 2.24 bits per heavy atom. The number of hydrogen-bond acceptors (Lipinski definition) is 6. The summed E-state index contributed by atoms with van der Waals surface area (Å²) in [6, 6.07) is 14.6. The van der Waals surface area contributed by atoms with Crippen LogP contribution >= 0.6 is 0 Å². The van der Waals surface area contributed by atoms with Crippen molar-refractivity contribution in [3.63, 3.8) is 0 Å². The number of hydrogen-bond donors (Lipinski definition) is 0. The smallest absolute Gasteiger partial charge is 0.331 e. The van der Waals surface area contributed by atoms with Crippen molar-refractivity contribution in [2.24, 2.45) is 35.5 Å². The molecule has 168 valence electrons. The fraction of sp³-hybridized carbons (Fsp3) is 0.296. The van der Waals surface area contributed by atoms with E-state index in [-0.39, 0.29) is 42.0 Å². The van der Waals surface area contributed by atoms with Crippen LogP contribution < -0.4 is 4.74 Å². The number of carbonyl (C=O) groups is 3. The Hall–Kier alpha value is -3.87. The molecule has 1 saturated heterocycles. The Kier molecular flexibility index (Phi) is 4.07. The number of aromatic nitrogens is 2. The number of nitrogens with zero attached hydrogens (tertiary/aromatic N) is 3. The molecule has 7 heteroatoms. The van der Waals surface area contributed by atoms with Crippen molar-refractivity contribution in [1.29, 1.82) is 0 Å². The lowest BCUT2D eigenvalue weighted by atomic mass is 9.63. The minimum Gasteiger partial charge on any atom is -0.425 e. The van der Waals surface area contributed by atoms with Gasteiger partial charge in [0.1, 0.15) is 12.3 Å². The van der Waals surface area contributed by atoms with E-state index in [4.69, 9.17) is 4.74 Å². The summed E-state index contributed by atoms with van der Waals surface area (Å²) in [6.07, 6.45) is 7.06. The summed E-state index contributed by atoms with van der Waals surface area (Å²) in [4.78, 5) is 48.9. The van der Waals surface area contributed by atoms with Gasteiger partial charge < -0.3 is 4.74 Å². The highest BCUT2D eigenvalue weighted by Gasteiger charge is 2.67. The second-order valence-corrected chi connectivity index (χ2v) is 9.66. The molecule has 0 unspecified atom stereocenters. The fourth-order valence-corrected chi connectivity index (χ4v) is 6.26. The molecule has 1 aromatic heterocycles. The SMILES string of the molecule is O=C(CN1C(=O)[C@@H]2[C@@H]3C=C[C@H]([C@H]4C[C@H]34)[C@@H]2C1=O)Oc1ccc(-c2cnc3ccccc3n2)cc1. The number of rotatable bonds is 4. The number of likely N-dealkylation sites (tertiary alicyclic amines) is 1. The van der Waals surface area contributed by atoms with E-state index in [9.17, 15) is 14.4 Å². The van der Waals surface area contributed by atoms with Crippen molar-refractivity contribution < 1.29 is 19.1 Å². The molecule has 2 bridgehead atoms. The molecule has 0 radical (unpaired) electrons. The van der Waals surface area contributed by atoms with E-state index in [1.165, 1.54) is 0 Å². The maximum Gasteiger partial charge on any atom is 0.331 e. The monoisotopic (exact) mass is 451 g/mol. The summed E-state index contributed by atoms with van der Waals surface area (Å²) in [5, 5.41) is 0. The van der Waals surface area contributed by atoms with Crippen LogP contribution in [-0.4, -0.2) is 39.2 Å². The van der Waals surface area contributed by atoms with Gasteiger partial charge in [-0.25, -0.2) is 9.78 Å². The first kappa shape index (κ1) is 19.6. The number of allylic oxidation sites excluding steroid dienone is 2. The van der Waals surface area contributed by atoms with E-state index in [0.717, 1.165) is 27.9 Å². The molecular weight excluding hydrogens is 430 g/mol. The largest absolute Gasteiger partial charge is 0.425 e. The average molecular weight is 451 g/mol. The number of esters is 1. The van der Waals surface area contributed by atoms with E-state index in [2.05, 4.69) is 22.1 Å². The van der Waals surface area contributed by atoms with Gasteiger partial charge in [-0.05, 0) is 66.5 Å². The molecule has 7 nitrogen and oxygen atoms in total. The molecule has 3 aromatic rings. The number of fused-ring (bicyclic) bond motifs is 1. The topological polar surface area (TPSA) is 89.5 Å². The molecule has 6 atom stereocenters. The number of carbonyl (C=O) groups excluding carboxylic acids is 3. The molecule has 2 aromatic carbocycles. The lowest BCUT2D eigenvalue weighted by Gasteiger charge is -2.37. The van der Waals surface area contributed by atoms with Crippen molar-refractivity contribution in [2.75, 3.05) is 6.54 Å². The molecule has 0 spiro atoms. The zero-order valence-corrected chi connectivity index (χ0v) is 18.2. The van der Waals surface area contributed by atoms with E-state index in [1.54, 1.807) is 30.5 Å². The summed E-state index contributed by atoms with van der Waals surface area (Å²) < 4.78 is 5.45. The van der Waals surface area contributed by atoms with Crippen LogP contribution in [-0.2, 0) is 14.4 Å². The maximum absolute atomic E-state index is 13.0. The van der Waals surface area contributed by atoms with Gasteiger partial charge in [-0.15, -0.1) is 0 Å². The second kappa shape index (κ2) is 7.06. The molecule has 1 aliphatic heterocycles. The van der Waals surface area contributed by atoms with E-state index >= 15 is 0 Å². The summed E-state index contributed by atoms with van der Waals surface area (Å²) >= 11 is 0. The maximum atomic E-state index is 13.0. The number of para-hydroxylation sites is 2. The molecule has 8 rings (SSSR count). The predicted molar refractivity (Wildman–Crippen MR) is 122 cm³/mol. The third-order valence-corrected chi connectivity index (χ3v) is 7.87. The minimum absolute atomic E-state index is 0.142. The molecule has 5 aliphatic rings. The van der Waals surface area contributed by atoms with Crippen molar-refractivity contribution in [3.05, 3.63) is 66.9 Å². The van der Waals surface area contributed by atoms with Crippen LogP contribution in [0.3, 0.4) is 0 Å². The van der Waals surface area contributed by atoms with Crippen LogP contribution in [0, 0.1) is 35.5 Å². The number of imide groups is 1. The molecular formula is C27H21N3O4. The number of benzene rings is 2. The van der Waals surface area contributed by atoms with Crippen LogP contribution in [0.1, 0.15) is 6.42 Å². The van der Waals surface area contributed by atoms with Crippen LogP contribution in [0.15, 0.2) is 66.9 Å². The standard InChI is InChI=1S/C27H21N3O4/c31-23(13-30-26(32)24-16-9-10-17(19-11-18(16)19)25(24)27(30)33)34-15-7-5-14(6-8-15)22-12-28-20-3-1-2-4-21(20)29-22/h1-10,12,16-19,24-25H,11,13H2/t16-,17-,18-,19-,24-,25+/m1/s1. The molecule has 34 heavy (non-hydrogen) atoms. The van der Waals surface area contributed by atoms with Gasteiger partial charge in [0.15, 0.2) is 0 Å². The molecule has 2 saturated carbocycles. The fourth-order valence-electron chi connectivity index (χ4n) is 6.26. The Balaban J connectivity index is 1.04. The second-order valence-electron chi connectivity index (χ2n) is 9.66. The van der Waals surface area contributed by atoms with Crippen molar-refractivity contribution in [3.8, 4) is 17.0 Å². The third kappa shape index (κ3) is 2.86. The number of amides is 2. The van der Waals surface area contributed by atoms with Gasteiger partial charge in [-0.1, -0.05) is 24.3 Å². The molecule has 2 heterocycles. The first-order valence-electron chi connectivity index (χ1n) is 11.6. The highest BCUT2D eigenvalue weighted by atomic mass is 16.5. The average Bonchev–Trinajstić information content (AvgIpc) is 3.65. The summed E-state index contributed by atoms with van der Waals surface area (Å²) in [5.74, 6) is 0.0282. The molecule has 2 amide bonds. The third-order valence-electron chi connectivity index (χ3n) is 7.87. The van der Waals surface area contributed by atoms with E-state index in [1.807, 2.05) is 24.3 Å². The Morgan fingerprint density at radius 2 is 1.56 bits per heavy atom. The summed E-state index contributed by atoms with van der Waals surface area (Å²) in [6.45, 7) is -0.350. The quantitative estimate of drug-likeness (QED) is 0.262. The Bertz CT molecular complexity index is 1360. The van der Waals surface area contributed by atoms with Gasteiger partial charge in [0.25, 0.3) is 0 Å². The first-order valence-corrected chi connectivity index (χ1v) is 11.6. The van der Waals surface area contributed by atoms with Crippen LogP contribution in [0.2, 0.25) is 0 Å². The summed E-state index contributed by atoms with van der Waals surface area (Å²) in [5.41, 5.74) is 3.18. The van der Waals surface area contributed by atoms with Gasteiger partial charge in [0.2, 0.25) is 11.8 Å². The van der Waals surface area contributed by atoms with E-state index in [0.29, 0.717) is 23.3 Å². The Labute approximate surface area is 195 Å². The molecule has 0 N–H and O–H groups in total. The van der Waals surface area contributed by atoms with Crippen LogP contribution in [0.4, 0.5) is 0 Å². The first-order chi connectivity index (χ1) is 16.6. The van der Waals surface area contributed by atoms with Gasteiger partial charge in [-0.3, -0.25) is 19.5 Å². The van der Waals surface area contributed by atoms with Gasteiger partial charge in [-0.2, -0.15) is 0 Å². The van der Waals surface area contributed by atoms with Crippen molar-refractivity contribution >= 4 is 28.8 Å². The van der Waals surface area contributed by atoms with E-state index < -0.39 is 5.97 Å².